The number of hydrogen-bond acceptors (Lipinski definition) is 0. The molecule has 1 aliphatic carbocycles. The summed E-state index contributed by atoms with van der Waals surface area (Å²) >= 11 is 0. The molecule has 1 saturated carbocycles. The summed E-state index contributed by atoms with van der Waals surface area (Å²) in [5.74, 6) is 3.83. The fourth-order valence-corrected chi connectivity index (χ4v) is 3.43. The predicted molar refractivity (Wildman–Crippen MR) is 69.0 cm³/mol. The maximum atomic E-state index is 2.49. The van der Waals surface area contributed by atoms with Crippen molar-refractivity contribution in [2.45, 2.75) is 72.6 Å². The van der Waals surface area contributed by atoms with Gasteiger partial charge in [-0.2, -0.15) is 0 Å². The Labute approximate surface area is 96.8 Å². The summed E-state index contributed by atoms with van der Waals surface area (Å²) < 4.78 is 0. The fraction of sp³-hybridized carbons (Fsp3) is 1.00. The first-order chi connectivity index (χ1) is 7.09. The Kier molecular flexibility index (Phi) is 5.71. The second-order valence-corrected chi connectivity index (χ2v) is 6.35. The van der Waals surface area contributed by atoms with Gasteiger partial charge in [-0.3, -0.25) is 0 Å². The minimum Gasteiger partial charge on any atom is -0.0628 e. The van der Waals surface area contributed by atoms with Crippen molar-refractivity contribution in [1.29, 1.82) is 0 Å². The second-order valence-electron chi connectivity index (χ2n) is 6.35. The van der Waals surface area contributed by atoms with Crippen LogP contribution in [0.15, 0.2) is 0 Å². The molecule has 2 unspecified atom stereocenters. The molecule has 0 N–H and O–H groups in total. The van der Waals surface area contributed by atoms with Crippen LogP contribution in [0.5, 0.6) is 0 Å². The van der Waals surface area contributed by atoms with Gasteiger partial charge in [0.2, 0.25) is 0 Å². The molecule has 1 aliphatic rings. The second kappa shape index (κ2) is 6.55. The van der Waals surface area contributed by atoms with Gasteiger partial charge in [-0.05, 0) is 36.5 Å². The third-order valence-electron chi connectivity index (χ3n) is 4.10. The summed E-state index contributed by atoms with van der Waals surface area (Å²) in [4.78, 5) is 0. The zero-order valence-electron chi connectivity index (χ0n) is 11.3. The van der Waals surface area contributed by atoms with Crippen molar-refractivity contribution in [2.75, 3.05) is 0 Å². The summed E-state index contributed by atoms with van der Waals surface area (Å²) in [5.41, 5.74) is 0. The third kappa shape index (κ3) is 5.04. The maximum Gasteiger partial charge on any atom is -0.0388 e. The number of rotatable bonds is 5. The molecule has 0 spiro atoms. The van der Waals surface area contributed by atoms with Gasteiger partial charge in [0.15, 0.2) is 0 Å². The lowest BCUT2D eigenvalue weighted by atomic mass is 9.76. The summed E-state index contributed by atoms with van der Waals surface area (Å²) in [6.07, 6.45) is 10.4. The molecule has 0 heterocycles. The van der Waals surface area contributed by atoms with Gasteiger partial charge < -0.3 is 0 Å². The molecule has 0 aliphatic heterocycles. The smallest absolute Gasteiger partial charge is 0.0388 e. The van der Waals surface area contributed by atoms with E-state index in [-0.39, 0.29) is 0 Å². The molecule has 1 rings (SSSR count). The van der Waals surface area contributed by atoms with E-state index in [1.165, 1.54) is 44.9 Å². The molecule has 0 aromatic heterocycles. The molecular formula is C15H30. The minimum atomic E-state index is 0.874. The zero-order valence-corrected chi connectivity index (χ0v) is 11.3. The van der Waals surface area contributed by atoms with Crippen molar-refractivity contribution < 1.29 is 0 Å². The monoisotopic (exact) mass is 210 g/mol. The lowest BCUT2D eigenvalue weighted by Gasteiger charge is -2.29. The highest BCUT2D eigenvalue weighted by molar-refractivity contribution is 4.73. The predicted octanol–water partition coefficient (Wildman–Crippen LogP) is 5.28. The van der Waals surface area contributed by atoms with Crippen molar-refractivity contribution in [2.24, 2.45) is 23.7 Å². The average Bonchev–Trinajstić information content (AvgIpc) is 2.17. The average molecular weight is 210 g/mol. The summed E-state index contributed by atoms with van der Waals surface area (Å²) in [6, 6.07) is 0. The molecule has 0 aromatic carbocycles. The van der Waals surface area contributed by atoms with Crippen LogP contribution in [0, 0.1) is 23.7 Å². The standard InChI is InChI=1S/C15H30/c1-12(2)10-13(3)11-14(4)15-8-6-5-7-9-15/h12-15H,5-11H2,1-4H3. The fourth-order valence-electron chi connectivity index (χ4n) is 3.43. The van der Waals surface area contributed by atoms with E-state index in [0.717, 1.165) is 23.7 Å². The van der Waals surface area contributed by atoms with Gasteiger partial charge in [0.1, 0.15) is 0 Å². The van der Waals surface area contributed by atoms with Gasteiger partial charge in [0.25, 0.3) is 0 Å². The van der Waals surface area contributed by atoms with Crippen molar-refractivity contribution in [1.82, 2.24) is 0 Å². The Hall–Kier alpha value is 0. The first-order valence-electron chi connectivity index (χ1n) is 7.09. The molecule has 0 heteroatoms. The van der Waals surface area contributed by atoms with E-state index in [4.69, 9.17) is 0 Å². The highest BCUT2D eigenvalue weighted by atomic mass is 14.3. The Bertz CT molecular complexity index is 153. The molecule has 15 heavy (non-hydrogen) atoms. The van der Waals surface area contributed by atoms with Gasteiger partial charge in [-0.15, -0.1) is 0 Å². The lowest BCUT2D eigenvalue weighted by Crippen LogP contribution is -2.18. The van der Waals surface area contributed by atoms with Crippen LogP contribution >= 0.6 is 0 Å². The highest BCUT2D eigenvalue weighted by Gasteiger charge is 2.21. The van der Waals surface area contributed by atoms with E-state index in [9.17, 15) is 0 Å². The van der Waals surface area contributed by atoms with Gasteiger partial charge in [0, 0.05) is 0 Å². The molecule has 90 valence electrons. The molecule has 0 bridgehead atoms. The SMILES string of the molecule is CC(C)CC(C)CC(C)C1CCCCC1. The van der Waals surface area contributed by atoms with Gasteiger partial charge in [-0.1, -0.05) is 59.8 Å². The molecule has 2 atom stereocenters. The van der Waals surface area contributed by atoms with E-state index < -0.39 is 0 Å². The molecule has 1 fully saturated rings. The Morgan fingerprint density at radius 2 is 1.47 bits per heavy atom. The first-order valence-corrected chi connectivity index (χ1v) is 7.09. The molecular weight excluding hydrogens is 180 g/mol. The van der Waals surface area contributed by atoms with E-state index >= 15 is 0 Å². The summed E-state index contributed by atoms with van der Waals surface area (Å²) in [7, 11) is 0. The minimum absolute atomic E-state index is 0.874. The van der Waals surface area contributed by atoms with Crippen LogP contribution in [0.25, 0.3) is 0 Å². The summed E-state index contributed by atoms with van der Waals surface area (Å²) in [6.45, 7) is 9.63. The van der Waals surface area contributed by atoms with E-state index in [1.54, 1.807) is 0 Å². The maximum absolute atomic E-state index is 2.49. The highest BCUT2D eigenvalue weighted by Crippen LogP contribution is 2.34. The molecule has 0 radical (unpaired) electrons. The van der Waals surface area contributed by atoms with Crippen LogP contribution in [0.1, 0.15) is 72.6 Å². The Morgan fingerprint density at radius 3 is 2.00 bits per heavy atom. The van der Waals surface area contributed by atoms with Crippen LogP contribution in [-0.4, -0.2) is 0 Å². The lowest BCUT2D eigenvalue weighted by molar-refractivity contribution is 0.220. The van der Waals surface area contributed by atoms with E-state index in [2.05, 4.69) is 27.7 Å². The van der Waals surface area contributed by atoms with Gasteiger partial charge in [-0.25, -0.2) is 0 Å². The van der Waals surface area contributed by atoms with Crippen LogP contribution in [0.2, 0.25) is 0 Å². The van der Waals surface area contributed by atoms with Crippen LogP contribution < -0.4 is 0 Å². The van der Waals surface area contributed by atoms with E-state index in [1.807, 2.05) is 0 Å². The van der Waals surface area contributed by atoms with Crippen molar-refractivity contribution in [3.05, 3.63) is 0 Å². The third-order valence-corrected chi connectivity index (χ3v) is 4.10. The molecule has 0 saturated heterocycles. The largest absolute Gasteiger partial charge is 0.0628 e. The van der Waals surface area contributed by atoms with Crippen LogP contribution in [0.4, 0.5) is 0 Å². The van der Waals surface area contributed by atoms with Gasteiger partial charge >= 0.3 is 0 Å². The van der Waals surface area contributed by atoms with Crippen LogP contribution in [0.3, 0.4) is 0 Å². The zero-order chi connectivity index (χ0) is 11.3. The van der Waals surface area contributed by atoms with E-state index in [0.29, 0.717) is 0 Å². The molecule has 0 amide bonds. The van der Waals surface area contributed by atoms with Crippen molar-refractivity contribution >= 4 is 0 Å². The quantitative estimate of drug-likeness (QED) is 0.579. The van der Waals surface area contributed by atoms with Crippen molar-refractivity contribution in [3.63, 3.8) is 0 Å². The molecule has 0 aromatic rings. The van der Waals surface area contributed by atoms with Gasteiger partial charge in [0.05, 0.1) is 0 Å². The number of hydrogen-bond donors (Lipinski definition) is 0. The topological polar surface area (TPSA) is 0 Å². The Balaban J connectivity index is 2.23. The summed E-state index contributed by atoms with van der Waals surface area (Å²) in [5, 5.41) is 0. The normalized spacial score (nSPS) is 23.0. The molecule has 0 nitrogen and oxygen atoms in total. The van der Waals surface area contributed by atoms with Crippen molar-refractivity contribution in [3.8, 4) is 0 Å². The van der Waals surface area contributed by atoms with Crippen LogP contribution in [-0.2, 0) is 0 Å². The Morgan fingerprint density at radius 1 is 0.867 bits per heavy atom. The first kappa shape index (κ1) is 13.1.